The molecule has 0 aromatic heterocycles. The first kappa shape index (κ1) is 22.1. The van der Waals surface area contributed by atoms with Gasteiger partial charge in [0.2, 0.25) is 11.4 Å². The van der Waals surface area contributed by atoms with Gasteiger partial charge in [0, 0.05) is 0 Å². The molecule has 2 unspecified atom stereocenters. The van der Waals surface area contributed by atoms with Crippen LogP contribution in [0.15, 0.2) is 0 Å². The van der Waals surface area contributed by atoms with Gasteiger partial charge in [-0.15, -0.1) is 0 Å². The van der Waals surface area contributed by atoms with Crippen LogP contribution >= 0.6 is 0 Å². The second-order valence-electron chi connectivity index (χ2n) is 6.49. The maximum atomic E-state index is 11.6. The summed E-state index contributed by atoms with van der Waals surface area (Å²) in [6.07, 6.45) is 10.6. The monoisotopic (exact) mass is 330 g/mol. The zero-order valence-electron chi connectivity index (χ0n) is 14.7. The standard InChI is InChI=1S/C18H34O5/c1-3-4-5-6-7-8-9-10-11-12-13-14-18(23,17(21)22)16(20)15(2)19/h15,19,23H,3-14H2,1-2H3,(H,21,22). The number of hydrogen-bond donors (Lipinski definition) is 3. The smallest absolute Gasteiger partial charge is 0.343 e. The number of ketones is 1. The number of Topliss-reactive ketones (excluding diaryl/α,β-unsaturated/α-hetero) is 1. The normalized spacial score (nSPS) is 15.1. The van der Waals surface area contributed by atoms with Crippen LogP contribution in [0.2, 0.25) is 0 Å². The first-order valence-electron chi connectivity index (χ1n) is 9.04. The molecule has 0 spiro atoms. The molecule has 0 aliphatic carbocycles. The third kappa shape index (κ3) is 9.06. The summed E-state index contributed by atoms with van der Waals surface area (Å²) >= 11 is 0. The highest BCUT2D eigenvalue weighted by atomic mass is 16.4. The van der Waals surface area contributed by atoms with Crippen LogP contribution < -0.4 is 0 Å². The van der Waals surface area contributed by atoms with Gasteiger partial charge >= 0.3 is 5.97 Å². The second kappa shape index (κ2) is 12.5. The van der Waals surface area contributed by atoms with Crippen LogP contribution in [0, 0.1) is 0 Å². The van der Waals surface area contributed by atoms with Gasteiger partial charge in [0.05, 0.1) is 0 Å². The number of aliphatic hydroxyl groups excluding tert-OH is 1. The molecule has 0 aromatic carbocycles. The zero-order chi connectivity index (χ0) is 17.7. The Balaban J connectivity index is 3.76. The summed E-state index contributed by atoms with van der Waals surface area (Å²) in [5, 5.41) is 28.2. The molecule has 23 heavy (non-hydrogen) atoms. The van der Waals surface area contributed by atoms with Crippen molar-refractivity contribution in [2.45, 2.75) is 103 Å². The average molecular weight is 330 g/mol. The van der Waals surface area contributed by atoms with Crippen molar-refractivity contribution in [2.24, 2.45) is 0 Å². The maximum absolute atomic E-state index is 11.6. The van der Waals surface area contributed by atoms with E-state index >= 15 is 0 Å². The summed E-state index contributed by atoms with van der Waals surface area (Å²) in [6.45, 7) is 3.39. The van der Waals surface area contributed by atoms with E-state index in [1.165, 1.54) is 51.9 Å². The molecule has 0 saturated carbocycles. The number of aliphatic carboxylic acids is 1. The number of carboxylic acid groups (broad SMARTS) is 1. The van der Waals surface area contributed by atoms with Gasteiger partial charge in [-0.3, -0.25) is 4.79 Å². The lowest BCUT2D eigenvalue weighted by atomic mass is 9.89. The lowest BCUT2D eigenvalue weighted by Gasteiger charge is -2.23. The van der Waals surface area contributed by atoms with Crippen molar-refractivity contribution in [3.8, 4) is 0 Å². The quantitative estimate of drug-likeness (QED) is 0.316. The van der Waals surface area contributed by atoms with E-state index in [0.717, 1.165) is 19.3 Å². The molecule has 0 aliphatic heterocycles. The molecular weight excluding hydrogens is 296 g/mol. The zero-order valence-corrected chi connectivity index (χ0v) is 14.7. The van der Waals surface area contributed by atoms with Gasteiger partial charge in [0.15, 0.2) is 0 Å². The molecule has 5 nitrogen and oxygen atoms in total. The summed E-state index contributed by atoms with van der Waals surface area (Å²) < 4.78 is 0. The molecule has 136 valence electrons. The molecule has 0 aliphatic rings. The Kier molecular flexibility index (Phi) is 12.0. The van der Waals surface area contributed by atoms with Crippen LogP contribution in [0.4, 0.5) is 0 Å². The van der Waals surface area contributed by atoms with Crippen LogP contribution in [0.5, 0.6) is 0 Å². The van der Waals surface area contributed by atoms with E-state index < -0.39 is 23.5 Å². The predicted octanol–water partition coefficient (Wildman–Crippen LogP) is 3.45. The first-order chi connectivity index (χ1) is 10.9. The highest BCUT2D eigenvalue weighted by Gasteiger charge is 2.45. The van der Waals surface area contributed by atoms with Gasteiger partial charge in [0.1, 0.15) is 6.10 Å². The summed E-state index contributed by atoms with van der Waals surface area (Å²) in [5.74, 6) is -2.60. The van der Waals surface area contributed by atoms with E-state index in [0.29, 0.717) is 6.42 Å². The number of rotatable bonds is 15. The fraction of sp³-hybridized carbons (Fsp3) is 0.889. The number of carboxylic acids is 1. The largest absolute Gasteiger partial charge is 0.479 e. The topological polar surface area (TPSA) is 94.8 Å². The van der Waals surface area contributed by atoms with Crippen LogP contribution in [0.25, 0.3) is 0 Å². The Morgan fingerprint density at radius 2 is 1.26 bits per heavy atom. The number of carbonyl (C=O) groups excluding carboxylic acids is 1. The third-order valence-corrected chi connectivity index (χ3v) is 4.28. The Bertz CT molecular complexity index is 340. The van der Waals surface area contributed by atoms with Crippen molar-refractivity contribution in [3.63, 3.8) is 0 Å². The molecule has 2 atom stereocenters. The Morgan fingerprint density at radius 3 is 1.61 bits per heavy atom. The van der Waals surface area contributed by atoms with Gasteiger partial charge in [-0.25, -0.2) is 4.79 Å². The van der Waals surface area contributed by atoms with Gasteiger partial charge in [-0.05, 0) is 19.8 Å². The van der Waals surface area contributed by atoms with Crippen molar-refractivity contribution in [2.75, 3.05) is 0 Å². The number of carbonyl (C=O) groups is 2. The molecule has 5 heteroatoms. The Hall–Kier alpha value is -0.940. The molecule has 0 amide bonds. The van der Waals surface area contributed by atoms with E-state index in [4.69, 9.17) is 5.11 Å². The summed E-state index contributed by atoms with van der Waals surface area (Å²) in [6, 6.07) is 0. The minimum absolute atomic E-state index is 0.136. The predicted molar refractivity (Wildman–Crippen MR) is 90.4 cm³/mol. The minimum Gasteiger partial charge on any atom is -0.479 e. The van der Waals surface area contributed by atoms with Gasteiger partial charge < -0.3 is 15.3 Å². The number of aliphatic hydroxyl groups is 2. The van der Waals surface area contributed by atoms with E-state index in [2.05, 4.69) is 6.92 Å². The van der Waals surface area contributed by atoms with Gasteiger partial charge in [-0.1, -0.05) is 71.1 Å². The highest BCUT2D eigenvalue weighted by molar-refractivity contribution is 6.07. The van der Waals surface area contributed by atoms with Gasteiger partial charge in [-0.2, -0.15) is 0 Å². The highest BCUT2D eigenvalue weighted by Crippen LogP contribution is 2.20. The third-order valence-electron chi connectivity index (χ3n) is 4.28. The lowest BCUT2D eigenvalue weighted by Crippen LogP contribution is -2.50. The summed E-state index contributed by atoms with van der Waals surface area (Å²) in [5.41, 5.74) is -2.45. The minimum atomic E-state index is -2.45. The number of hydrogen-bond acceptors (Lipinski definition) is 4. The molecule has 3 N–H and O–H groups in total. The molecule has 0 aromatic rings. The van der Waals surface area contributed by atoms with Crippen LogP contribution in [0.3, 0.4) is 0 Å². The van der Waals surface area contributed by atoms with E-state index in [1.54, 1.807) is 0 Å². The van der Waals surface area contributed by atoms with E-state index in [9.17, 15) is 19.8 Å². The van der Waals surface area contributed by atoms with Gasteiger partial charge in [0.25, 0.3) is 0 Å². The van der Waals surface area contributed by atoms with E-state index in [-0.39, 0.29) is 6.42 Å². The summed E-state index contributed by atoms with van der Waals surface area (Å²) in [7, 11) is 0. The Morgan fingerprint density at radius 1 is 0.870 bits per heavy atom. The molecular formula is C18H34O5. The molecule has 0 fully saturated rings. The van der Waals surface area contributed by atoms with Crippen LogP contribution in [-0.4, -0.2) is 38.8 Å². The van der Waals surface area contributed by atoms with Crippen LogP contribution in [0.1, 0.15) is 90.9 Å². The SMILES string of the molecule is CCCCCCCCCCCCCC(O)(C(=O)O)C(=O)C(C)O. The molecule has 0 radical (unpaired) electrons. The van der Waals surface area contributed by atoms with Crippen molar-refractivity contribution < 1.29 is 24.9 Å². The summed E-state index contributed by atoms with van der Waals surface area (Å²) in [4.78, 5) is 22.7. The second-order valence-corrected chi connectivity index (χ2v) is 6.49. The fourth-order valence-corrected chi connectivity index (χ4v) is 2.73. The molecule has 0 saturated heterocycles. The fourth-order valence-electron chi connectivity index (χ4n) is 2.73. The van der Waals surface area contributed by atoms with Crippen molar-refractivity contribution in [3.05, 3.63) is 0 Å². The van der Waals surface area contributed by atoms with Crippen molar-refractivity contribution in [1.82, 2.24) is 0 Å². The average Bonchev–Trinajstić information content (AvgIpc) is 2.51. The lowest BCUT2D eigenvalue weighted by molar-refractivity contribution is -0.169. The van der Waals surface area contributed by atoms with Crippen molar-refractivity contribution in [1.29, 1.82) is 0 Å². The maximum Gasteiger partial charge on any atom is 0.343 e. The van der Waals surface area contributed by atoms with E-state index in [1.807, 2.05) is 0 Å². The van der Waals surface area contributed by atoms with Crippen LogP contribution in [-0.2, 0) is 9.59 Å². The molecule has 0 heterocycles. The first-order valence-corrected chi connectivity index (χ1v) is 9.04. The van der Waals surface area contributed by atoms with Crippen molar-refractivity contribution >= 4 is 11.8 Å². The number of unbranched alkanes of at least 4 members (excludes halogenated alkanes) is 10. The molecule has 0 bridgehead atoms. The molecule has 0 rings (SSSR count). The Labute approximate surface area is 140 Å².